The Bertz CT molecular complexity index is 1510. The highest BCUT2D eigenvalue weighted by molar-refractivity contribution is 5.98. The lowest BCUT2D eigenvalue weighted by Crippen LogP contribution is -2.16. The van der Waals surface area contributed by atoms with Crippen LogP contribution in [0, 0.1) is 21.4 Å². The molecule has 2 aromatic carbocycles. The Morgan fingerprint density at radius 2 is 1.97 bits per heavy atom. The fourth-order valence-corrected chi connectivity index (χ4v) is 3.98. The molecular weight excluding hydrogens is 476 g/mol. The number of benzene rings is 2. The molecule has 11 nitrogen and oxygen atoms in total. The van der Waals surface area contributed by atoms with E-state index in [4.69, 9.17) is 9.47 Å². The molecule has 0 radical (unpaired) electrons. The maximum atomic E-state index is 12.4. The smallest absolute Gasteiger partial charge is 0.311 e. The Labute approximate surface area is 210 Å². The summed E-state index contributed by atoms with van der Waals surface area (Å²) in [5.41, 5.74) is 1.68. The molecule has 184 valence electrons. The number of ether oxygens (including phenoxy) is 2. The van der Waals surface area contributed by atoms with Crippen LogP contribution in [0.25, 0.3) is 10.9 Å². The molecule has 1 aliphatic rings. The largest absolute Gasteiger partial charge is 0.481 e. The van der Waals surface area contributed by atoms with Crippen LogP contribution in [0.2, 0.25) is 0 Å². The summed E-state index contributed by atoms with van der Waals surface area (Å²) in [5.74, 6) is 0.322. The van der Waals surface area contributed by atoms with Crippen molar-refractivity contribution in [2.75, 3.05) is 18.5 Å². The number of nitrogens with one attached hydrogen (secondary N) is 1. The van der Waals surface area contributed by atoms with Crippen molar-refractivity contribution in [3.63, 3.8) is 0 Å². The lowest BCUT2D eigenvalue weighted by atomic mass is 10.1. The number of fused-ring (bicyclic) bond motifs is 1. The number of Topliss-reactive ketones (excluding diaryl/α,β-unsaturated/α-hetero) is 1. The number of nitrogens with zero attached hydrogens (tertiary/aromatic N) is 5. The quantitative estimate of drug-likeness (QED) is 0.214. The lowest BCUT2D eigenvalue weighted by molar-refractivity contribution is -0.385. The number of nitro benzene ring substituents is 1. The summed E-state index contributed by atoms with van der Waals surface area (Å²) < 4.78 is 11.1. The van der Waals surface area contributed by atoms with Gasteiger partial charge in [-0.25, -0.2) is 9.97 Å². The number of nitriles is 1. The van der Waals surface area contributed by atoms with Crippen LogP contribution in [0.3, 0.4) is 0 Å². The maximum Gasteiger partial charge on any atom is 0.311 e. The number of hydrogen-bond acceptors (Lipinski definition) is 10. The van der Waals surface area contributed by atoms with Crippen LogP contribution in [0.15, 0.2) is 61.1 Å². The monoisotopic (exact) mass is 496 g/mol. The molecule has 0 spiro atoms. The van der Waals surface area contributed by atoms with Gasteiger partial charge < -0.3 is 14.8 Å². The predicted molar refractivity (Wildman–Crippen MR) is 133 cm³/mol. The van der Waals surface area contributed by atoms with Crippen molar-refractivity contribution in [1.29, 1.82) is 5.26 Å². The third-order valence-electron chi connectivity index (χ3n) is 5.84. The van der Waals surface area contributed by atoms with Crippen molar-refractivity contribution in [2.45, 2.75) is 18.9 Å². The van der Waals surface area contributed by atoms with Gasteiger partial charge in [0.15, 0.2) is 11.5 Å². The molecule has 1 aliphatic heterocycles. The van der Waals surface area contributed by atoms with E-state index in [1.165, 1.54) is 30.7 Å². The molecule has 0 saturated carbocycles. The van der Waals surface area contributed by atoms with Gasteiger partial charge in [0.05, 0.1) is 59.4 Å². The topological polar surface area (TPSA) is 153 Å². The molecule has 1 atom stereocenters. The number of nitro groups is 1. The Morgan fingerprint density at radius 1 is 1.19 bits per heavy atom. The standard InChI is InChI=1S/C26H20N6O5/c27-11-17-12-28-21-9-24(37-19-6-7-36-15-19)22(32(34)35)8-20(21)26(17)31-18-13-29-25(30-14-18)10-23(33)16-4-2-1-3-5-16/h1-5,8-9,12-14,19H,6-7,10,15H2,(H,28,31). The normalized spacial score (nSPS) is 14.7. The Kier molecular flexibility index (Phi) is 6.65. The van der Waals surface area contributed by atoms with Gasteiger partial charge in [-0.2, -0.15) is 5.26 Å². The van der Waals surface area contributed by atoms with Gasteiger partial charge in [-0.15, -0.1) is 0 Å². The third-order valence-corrected chi connectivity index (χ3v) is 5.84. The SMILES string of the molecule is N#Cc1cnc2cc(OC3CCOC3)c([N+](=O)[O-])cc2c1Nc1cnc(CC(=O)c2ccccc2)nc1. The molecule has 2 aromatic heterocycles. The van der Waals surface area contributed by atoms with Gasteiger partial charge in [0.1, 0.15) is 18.0 Å². The van der Waals surface area contributed by atoms with Crippen LogP contribution in [0.4, 0.5) is 17.1 Å². The zero-order valence-corrected chi connectivity index (χ0v) is 19.5. The van der Waals surface area contributed by atoms with E-state index >= 15 is 0 Å². The highest BCUT2D eigenvalue weighted by Gasteiger charge is 2.25. The first kappa shape index (κ1) is 23.8. The zero-order chi connectivity index (χ0) is 25.8. The Morgan fingerprint density at radius 3 is 2.65 bits per heavy atom. The van der Waals surface area contributed by atoms with E-state index in [-0.39, 0.29) is 35.3 Å². The molecule has 0 aliphatic carbocycles. The third kappa shape index (κ3) is 5.19. The summed E-state index contributed by atoms with van der Waals surface area (Å²) in [6, 6.07) is 13.8. The lowest BCUT2D eigenvalue weighted by Gasteiger charge is -2.15. The van der Waals surface area contributed by atoms with E-state index in [1.54, 1.807) is 24.3 Å². The summed E-state index contributed by atoms with van der Waals surface area (Å²) in [6.45, 7) is 0.890. The number of pyridine rings is 1. The molecule has 4 aromatic rings. The van der Waals surface area contributed by atoms with Gasteiger partial charge in [0.2, 0.25) is 0 Å². The number of carbonyl (C=O) groups excluding carboxylic acids is 1. The van der Waals surface area contributed by atoms with Crippen LogP contribution in [0.5, 0.6) is 5.75 Å². The average Bonchev–Trinajstić information content (AvgIpc) is 3.43. The van der Waals surface area contributed by atoms with Gasteiger partial charge in [-0.1, -0.05) is 30.3 Å². The van der Waals surface area contributed by atoms with Gasteiger partial charge in [-0.3, -0.25) is 19.9 Å². The van der Waals surface area contributed by atoms with Crippen molar-refractivity contribution in [3.05, 3.63) is 88.1 Å². The molecule has 5 rings (SSSR count). The molecule has 1 N–H and O–H groups in total. The fraction of sp³-hybridized carbons (Fsp3) is 0.192. The van der Waals surface area contributed by atoms with E-state index < -0.39 is 4.92 Å². The van der Waals surface area contributed by atoms with Crippen molar-refractivity contribution < 1.29 is 19.2 Å². The van der Waals surface area contributed by atoms with Gasteiger partial charge in [-0.05, 0) is 0 Å². The zero-order valence-electron chi connectivity index (χ0n) is 19.5. The minimum Gasteiger partial charge on any atom is -0.481 e. The first-order chi connectivity index (χ1) is 18.0. The molecule has 1 unspecified atom stereocenters. The number of hydrogen-bond donors (Lipinski definition) is 1. The minimum absolute atomic E-state index is 0.0347. The highest BCUT2D eigenvalue weighted by atomic mass is 16.6. The molecular formula is C26H20N6O5. The average molecular weight is 496 g/mol. The van der Waals surface area contributed by atoms with Crippen molar-refractivity contribution in [1.82, 2.24) is 15.0 Å². The molecule has 37 heavy (non-hydrogen) atoms. The van der Waals surface area contributed by atoms with Crippen LogP contribution in [0.1, 0.15) is 28.2 Å². The van der Waals surface area contributed by atoms with Crippen LogP contribution in [-0.2, 0) is 11.2 Å². The van der Waals surface area contributed by atoms with Crippen LogP contribution in [-0.4, -0.2) is 45.0 Å². The van der Waals surface area contributed by atoms with E-state index in [2.05, 4.69) is 26.3 Å². The van der Waals surface area contributed by atoms with E-state index in [0.29, 0.717) is 53.3 Å². The van der Waals surface area contributed by atoms with Gasteiger partial charge >= 0.3 is 5.69 Å². The van der Waals surface area contributed by atoms with Crippen molar-refractivity contribution >= 4 is 33.7 Å². The van der Waals surface area contributed by atoms with Gasteiger partial charge in [0, 0.05) is 35.7 Å². The summed E-state index contributed by atoms with van der Waals surface area (Å²) >= 11 is 0. The number of anilines is 2. The number of ketones is 1. The highest BCUT2D eigenvalue weighted by Crippen LogP contribution is 2.37. The molecule has 0 amide bonds. The maximum absolute atomic E-state index is 12.4. The summed E-state index contributed by atoms with van der Waals surface area (Å²) in [6.07, 6.45) is 4.74. The second-order valence-electron chi connectivity index (χ2n) is 8.34. The van der Waals surface area contributed by atoms with E-state index in [1.807, 2.05) is 6.07 Å². The van der Waals surface area contributed by atoms with Crippen molar-refractivity contribution in [3.8, 4) is 11.8 Å². The first-order valence-corrected chi connectivity index (χ1v) is 11.4. The number of rotatable bonds is 8. The van der Waals surface area contributed by atoms with Gasteiger partial charge in [0.25, 0.3) is 0 Å². The Balaban J connectivity index is 1.44. The molecule has 0 bridgehead atoms. The fourth-order valence-electron chi connectivity index (χ4n) is 3.98. The first-order valence-electron chi connectivity index (χ1n) is 11.4. The minimum atomic E-state index is -0.533. The molecule has 11 heteroatoms. The number of carbonyl (C=O) groups is 1. The van der Waals surface area contributed by atoms with Crippen LogP contribution >= 0.6 is 0 Å². The van der Waals surface area contributed by atoms with E-state index in [0.717, 1.165) is 0 Å². The summed E-state index contributed by atoms with van der Waals surface area (Å²) in [5, 5.41) is 24.9. The second kappa shape index (κ2) is 10.3. The van der Waals surface area contributed by atoms with Crippen LogP contribution < -0.4 is 10.1 Å². The number of aromatic nitrogens is 3. The summed E-state index contributed by atoms with van der Waals surface area (Å²) in [4.78, 5) is 36.6. The summed E-state index contributed by atoms with van der Waals surface area (Å²) in [7, 11) is 0. The predicted octanol–water partition coefficient (Wildman–Crippen LogP) is 4.14. The second-order valence-corrected chi connectivity index (χ2v) is 8.34. The Hall–Kier alpha value is -4.95. The molecule has 1 fully saturated rings. The van der Waals surface area contributed by atoms with Crippen molar-refractivity contribution in [2.24, 2.45) is 0 Å². The molecule has 1 saturated heterocycles. The van der Waals surface area contributed by atoms with E-state index in [9.17, 15) is 20.2 Å². The molecule has 3 heterocycles.